The average Bonchev–Trinajstić information content (AvgIpc) is 3.32. The van der Waals surface area contributed by atoms with E-state index >= 15 is 0 Å². The molecule has 0 amide bonds. The lowest BCUT2D eigenvalue weighted by Gasteiger charge is -2.40. The SMILES string of the molecule is CC1(C)c2cc(N3CCC4(CC3)C(=O)CCC4=O)c(Cl)cc2C(=O)c2c1[nH]c1cc(Br)ccc21. The summed E-state index contributed by atoms with van der Waals surface area (Å²) in [6, 6.07) is 9.75. The maximum Gasteiger partial charge on any atom is 0.195 e. The summed E-state index contributed by atoms with van der Waals surface area (Å²) in [7, 11) is 0. The molecule has 0 unspecified atom stereocenters. The molecule has 5 nitrogen and oxygen atoms in total. The van der Waals surface area contributed by atoms with Gasteiger partial charge in [0.05, 0.1) is 21.7 Å². The van der Waals surface area contributed by atoms with Crippen LogP contribution in [-0.2, 0) is 15.0 Å². The van der Waals surface area contributed by atoms with Crippen molar-refractivity contribution in [2.24, 2.45) is 5.41 Å². The van der Waals surface area contributed by atoms with Gasteiger partial charge in [0.25, 0.3) is 0 Å². The van der Waals surface area contributed by atoms with E-state index in [0.717, 1.165) is 32.3 Å². The minimum Gasteiger partial charge on any atom is -0.370 e. The number of carbonyl (C=O) groups is 3. The minimum atomic E-state index is -0.792. The van der Waals surface area contributed by atoms with E-state index in [1.807, 2.05) is 24.3 Å². The number of piperidine rings is 1. The highest BCUT2D eigenvalue weighted by Crippen LogP contribution is 2.48. The number of H-pyrrole nitrogens is 1. The lowest BCUT2D eigenvalue weighted by molar-refractivity contribution is -0.136. The molecule has 2 aliphatic carbocycles. The fraction of sp³-hybridized carbons (Fsp3) is 0.370. The molecule has 0 atom stereocenters. The van der Waals surface area contributed by atoms with Crippen LogP contribution < -0.4 is 4.90 Å². The molecule has 1 aromatic heterocycles. The Morgan fingerprint density at radius 3 is 2.35 bits per heavy atom. The number of Topliss-reactive ketones (excluding diaryl/α,β-unsaturated/α-hetero) is 2. The molecule has 1 saturated heterocycles. The van der Waals surface area contributed by atoms with Gasteiger partial charge < -0.3 is 9.88 Å². The van der Waals surface area contributed by atoms with Crippen LogP contribution in [0, 0.1) is 5.41 Å². The summed E-state index contributed by atoms with van der Waals surface area (Å²) in [4.78, 5) is 44.3. The monoisotopic (exact) mass is 538 g/mol. The summed E-state index contributed by atoms with van der Waals surface area (Å²) in [6.45, 7) is 5.44. The number of rotatable bonds is 1. The van der Waals surface area contributed by atoms with Crippen LogP contribution in [0.5, 0.6) is 0 Å². The summed E-state index contributed by atoms with van der Waals surface area (Å²) in [5.41, 5.74) is 3.74. The smallest absolute Gasteiger partial charge is 0.195 e. The molecule has 3 aromatic rings. The molecule has 3 aliphatic rings. The first-order valence-corrected chi connectivity index (χ1v) is 12.8. The molecule has 0 bridgehead atoms. The first-order valence-electron chi connectivity index (χ1n) is 11.7. The van der Waals surface area contributed by atoms with Gasteiger partial charge in [-0.25, -0.2) is 0 Å². The second kappa shape index (κ2) is 7.28. The van der Waals surface area contributed by atoms with Crippen molar-refractivity contribution in [3.63, 3.8) is 0 Å². The molecule has 1 saturated carbocycles. The largest absolute Gasteiger partial charge is 0.370 e. The van der Waals surface area contributed by atoms with Crippen LogP contribution in [0.2, 0.25) is 5.02 Å². The average molecular weight is 540 g/mol. The summed E-state index contributed by atoms with van der Waals surface area (Å²) < 4.78 is 0.953. The van der Waals surface area contributed by atoms with Crippen molar-refractivity contribution in [2.75, 3.05) is 18.0 Å². The Morgan fingerprint density at radius 1 is 1.00 bits per heavy atom. The number of carbonyl (C=O) groups excluding carboxylic acids is 3. The van der Waals surface area contributed by atoms with E-state index < -0.39 is 10.8 Å². The lowest BCUT2D eigenvalue weighted by Crippen LogP contribution is -2.46. The highest BCUT2D eigenvalue weighted by atomic mass is 79.9. The number of anilines is 1. The molecule has 0 radical (unpaired) electrons. The van der Waals surface area contributed by atoms with Gasteiger partial charge in [-0.05, 0) is 42.7 Å². The Balaban J connectivity index is 1.41. The van der Waals surface area contributed by atoms with Crippen molar-refractivity contribution in [1.29, 1.82) is 0 Å². The maximum atomic E-state index is 13.7. The van der Waals surface area contributed by atoms with Gasteiger partial charge >= 0.3 is 0 Å². The molecular weight excluding hydrogens is 516 g/mol. The van der Waals surface area contributed by atoms with Crippen LogP contribution >= 0.6 is 27.5 Å². The number of aromatic nitrogens is 1. The zero-order chi connectivity index (χ0) is 24.0. The minimum absolute atomic E-state index is 0.0221. The first kappa shape index (κ1) is 22.1. The Kier molecular flexibility index (Phi) is 4.72. The summed E-state index contributed by atoms with van der Waals surface area (Å²) >= 11 is 10.3. The molecule has 2 aromatic carbocycles. The van der Waals surface area contributed by atoms with Gasteiger partial charge in [0.1, 0.15) is 11.6 Å². The van der Waals surface area contributed by atoms with Crippen LogP contribution in [0.15, 0.2) is 34.8 Å². The van der Waals surface area contributed by atoms with Gasteiger partial charge in [-0.2, -0.15) is 0 Å². The van der Waals surface area contributed by atoms with Crippen LogP contribution in [-0.4, -0.2) is 35.4 Å². The van der Waals surface area contributed by atoms with Crippen molar-refractivity contribution in [3.8, 4) is 0 Å². The third-order valence-corrected chi connectivity index (χ3v) is 9.02. The molecule has 7 heteroatoms. The number of nitrogens with zero attached hydrogens (tertiary/aromatic N) is 1. The van der Waals surface area contributed by atoms with E-state index in [0.29, 0.717) is 54.9 Å². The highest BCUT2D eigenvalue weighted by Gasteiger charge is 2.51. The number of halogens is 2. The zero-order valence-electron chi connectivity index (χ0n) is 19.1. The summed E-state index contributed by atoms with van der Waals surface area (Å²) in [6.07, 6.45) is 1.80. The number of benzene rings is 2. The van der Waals surface area contributed by atoms with Gasteiger partial charge in [0.15, 0.2) is 5.78 Å². The Bertz CT molecular complexity index is 1410. The second-order valence-corrected chi connectivity index (χ2v) is 11.6. The molecule has 6 rings (SSSR count). The Morgan fingerprint density at radius 2 is 1.68 bits per heavy atom. The number of ketones is 3. The normalized spacial score (nSPS) is 20.8. The van der Waals surface area contributed by atoms with Crippen molar-refractivity contribution in [3.05, 3.63) is 62.2 Å². The third kappa shape index (κ3) is 2.88. The number of hydrogen-bond acceptors (Lipinski definition) is 4. The van der Waals surface area contributed by atoms with Gasteiger partial charge in [-0.1, -0.05) is 47.4 Å². The van der Waals surface area contributed by atoms with Gasteiger partial charge in [-0.3, -0.25) is 14.4 Å². The molecule has 1 spiro atoms. The molecular formula is C27H24BrClN2O3. The van der Waals surface area contributed by atoms with E-state index in [4.69, 9.17) is 11.6 Å². The number of hydrogen-bond donors (Lipinski definition) is 1. The zero-order valence-corrected chi connectivity index (χ0v) is 21.4. The number of nitrogens with one attached hydrogen (secondary N) is 1. The van der Waals surface area contributed by atoms with Crippen molar-refractivity contribution in [2.45, 2.75) is 44.9 Å². The van der Waals surface area contributed by atoms with E-state index in [1.165, 1.54) is 0 Å². The topological polar surface area (TPSA) is 70.2 Å². The lowest BCUT2D eigenvalue weighted by atomic mass is 9.71. The van der Waals surface area contributed by atoms with Crippen LogP contribution in [0.4, 0.5) is 5.69 Å². The van der Waals surface area contributed by atoms with Crippen LogP contribution in [0.25, 0.3) is 10.9 Å². The quantitative estimate of drug-likeness (QED) is 0.387. The predicted molar refractivity (Wildman–Crippen MR) is 136 cm³/mol. The Labute approximate surface area is 211 Å². The molecule has 174 valence electrons. The third-order valence-electron chi connectivity index (χ3n) is 8.22. The fourth-order valence-corrected chi connectivity index (χ4v) is 6.85. The van der Waals surface area contributed by atoms with Crippen molar-refractivity contribution >= 4 is 61.5 Å². The predicted octanol–water partition coefficient (Wildman–Crippen LogP) is 5.97. The van der Waals surface area contributed by atoms with Gasteiger partial charge in [0.2, 0.25) is 0 Å². The summed E-state index contributed by atoms with van der Waals surface area (Å²) in [5, 5.41) is 1.43. The highest BCUT2D eigenvalue weighted by molar-refractivity contribution is 9.10. The van der Waals surface area contributed by atoms with Crippen LogP contribution in [0.1, 0.15) is 66.7 Å². The van der Waals surface area contributed by atoms with Crippen LogP contribution in [0.3, 0.4) is 0 Å². The van der Waals surface area contributed by atoms with E-state index in [-0.39, 0.29) is 17.3 Å². The maximum absolute atomic E-state index is 13.7. The van der Waals surface area contributed by atoms with Gasteiger partial charge in [-0.15, -0.1) is 0 Å². The molecule has 2 fully saturated rings. The van der Waals surface area contributed by atoms with Crippen molar-refractivity contribution < 1.29 is 14.4 Å². The summed E-state index contributed by atoms with van der Waals surface area (Å²) in [5.74, 6) is 0.169. The number of fused-ring (bicyclic) bond motifs is 4. The molecule has 1 aliphatic heterocycles. The standard InChI is InChI=1S/C27H24BrClN2O3/c1-26(2)17-13-20(31-9-7-27(8-10-31)21(32)5-6-22(27)33)18(29)12-16(17)24(34)23-15-4-3-14(28)11-19(15)30-25(23)26/h3-4,11-13,30H,5-10H2,1-2H3. The van der Waals surface area contributed by atoms with E-state index in [2.05, 4.69) is 39.7 Å². The van der Waals surface area contributed by atoms with E-state index in [1.54, 1.807) is 6.07 Å². The fourth-order valence-electron chi connectivity index (χ4n) is 6.20. The van der Waals surface area contributed by atoms with Gasteiger partial charge in [0, 0.05) is 58.0 Å². The molecule has 2 heterocycles. The van der Waals surface area contributed by atoms with Crippen molar-refractivity contribution in [1.82, 2.24) is 4.98 Å². The molecule has 34 heavy (non-hydrogen) atoms. The Hall–Kier alpha value is -2.44. The number of aromatic amines is 1. The van der Waals surface area contributed by atoms with E-state index in [9.17, 15) is 14.4 Å². The molecule has 1 N–H and O–H groups in total. The second-order valence-electron chi connectivity index (χ2n) is 10.3. The first-order chi connectivity index (χ1) is 16.1.